The van der Waals surface area contributed by atoms with E-state index in [0.717, 1.165) is 19.4 Å². The van der Waals surface area contributed by atoms with Crippen LogP contribution in [0.3, 0.4) is 0 Å². The summed E-state index contributed by atoms with van der Waals surface area (Å²) in [5.74, 6) is 0. The molecule has 0 N–H and O–H groups in total. The number of rotatable bonds is 4. The zero-order valence-electron chi connectivity index (χ0n) is 13.1. The van der Waals surface area contributed by atoms with Gasteiger partial charge in [-0.3, -0.25) is 4.98 Å². The van der Waals surface area contributed by atoms with Gasteiger partial charge in [-0.25, -0.2) is 0 Å². The molecule has 0 aliphatic rings. The largest absolute Gasteiger partial charge is 0.310 e. The van der Waals surface area contributed by atoms with E-state index in [4.69, 9.17) is 0 Å². The van der Waals surface area contributed by atoms with E-state index in [0.29, 0.717) is 0 Å². The fourth-order valence-electron chi connectivity index (χ4n) is 1.68. The Kier molecular flexibility index (Phi) is 7.59. The Bertz CT molecular complexity index is 478. The molecule has 0 amide bonds. The summed E-state index contributed by atoms with van der Waals surface area (Å²) in [5, 5.41) is 0. The normalized spacial score (nSPS) is 10.1. The molecule has 1 heterocycles. The molecule has 0 fully saturated rings. The van der Waals surface area contributed by atoms with Crippen LogP contribution in [0.1, 0.15) is 26.0 Å². The number of aryl methyl sites for hydroxylation is 1. The van der Waals surface area contributed by atoms with Gasteiger partial charge in [-0.2, -0.15) is 0 Å². The molecule has 1 aromatic heterocycles. The first-order chi connectivity index (χ1) is 9.67. The summed E-state index contributed by atoms with van der Waals surface area (Å²) in [6.07, 6.45) is 4.10. The van der Waals surface area contributed by atoms with E-state index in [-0.39, 0.29) is 0 Å². The summed E-state index contributed by atoms with van der Waals surface area (Å²) in [6.45, 7) is 5.44. The van der Waals surface area contributed by atoms with Gasteiger partial charge in [-0.15, -0.1) is 0 Å². The summed E-state index contributed by atoms with van der Waals surface area (Å²) < 4.78 is 0. The highest BCUT2D eigenvalue weighted by molar-refractivity contribution is 5.63. The molecule has 0 saturated heterocycles. The zero-order chi connectivity index (χ0) is 14.8. The molecular weight excluding hydrogens is 244 g/mol. The van der Waals surface area contributed by atoms with Crippen LogP contribution in [-0.2, 0) is 6.42 Å². The summed E-state index contributed by atoms with van der Waals surface area (Å²) in [6, 6.07) is 14.7. The monoisotopic (exact) mass is 270 g/mol. The quantitative estimate of drug-likeness (QED) is 0.825. The molecule has 1 aromatic carbocycles. The Morgan fingerprint density at radius 3 is 2.15 bits per heavy atom. The predicted octanol–water partition coefficient (Wildman–Crippen LogP) is 4.27. The predicted molar refractivity (Wildman–Crippen MR) is 87.9 cm³/mol. The number of aromatic nitrogens is 1. The molecule has 0 aliphatic carbocycles. The highest BCUT2D eigenvalue weighted by Gasteiger charge is 1.98. The van der Waals surface area contributed by atoms with Crippen LogP contribution in [0.5, 0.6) is 0 Å². The minimum Gasteiger partial charge on any atom is -0.310 e. The molecule has 2 rings (SSSR count). The second-order valence-electron chi connectivity index (χ2n) is 5.05. The topological polar surface area (TPSA) is 16.1 Å². The zero-order valence-corrected chi connectivity index (χ0v) is 13.1. The number of nitrogens with zero attached hydrogens (tertiary/aromatic N) is 2. The average molecular weight is 270 g/mol. The summed E-state index contributed by atoms with van der Waals surface area (Å²) >= 11 is 0. The molecule has 20 heavy (non-hydrogen) atoms. The Morgan fingerprint density at radius 1 is 0.950 bits per heavy atom. The average Bonchev–Trinajstić information content (AvgIpc) is 2.49. The highest BCUT2D eigenvalue weighted by Crippen LogP contribution is 2.19. The lowest BCUT2D eigenvalue weighted by atomic mass is 10.1. The van der Waals surface area contributed by atoms with E-state index in [2.05, 4.69) is 74.2 Å². The van der Waals surface area contributed by atoms with Gasteiger partial charge in [0.15, 0.2) is 0 Å². The van der Waals surface area contributed by atoms with E-state index in [1.165, 1.54) is 16.8 Å². The first kappa shape index (κ1) is 16.4. The smallest absolute Gasteiger partial charge is 0.0409 e. The second-order valence-corrected chi connectivity index (χ2v) is 5.05. The molecule has 2 nitrogen and oxygen atoms in total. The van der Waals surface area contributed by atoms with Crippen molar-refractivity contribution < 1.29 is 0 Å². The molecule has 0 bridgehead atoms. The van der Waals surface area contributed by atoms with E-state index in [9.17, 15) is 0 Å². The van der Waals surface area contributed by atoms with Gasteiger partial charge in [0.2, 0.25) is 0 Å². The third-order valence-corrected chi connectivity index (χ3v) is 3.06. The fourth-order valence-corrected chi connectivity index (χ4v) is 1.68. The van der Waals surface area contributed by atoms with Gasteiger partial charge in [0, 0.05) is 11.9 Å². The van der Waals surface area contributed by atoms with Crippen LogP contribution in [0.25, 0.3) is 11.1 Å². The highest BCUT2D eigenvalue weighted by atomic mass is 15.0. The lowest BCUT2D eigenvalue weighted by molar-refractivity contribution is 0.434. The van der Waals surface area contributed by atoms with Crippen LogP contribution in [0.15, 0.2) is 48.7 Å². The van der Waals surface area contributed by atoms with E-state index >= 15 is 0 Å². The van der Waals surface area contributed by atoms with Gasteiger partial charge in [-0.1, -0.05) is 50.6 Å². The molecule has 0 aliphatic heterocycles. The van der Waals surface area contributed by atoms with E-state index < -0.39 is 0 Å². The number of hydrogen-bond donors (Lipinski definition) is 0. The van der Waals surface area contributed by atoms with Crippen LogP contribution >= 0.6 is 0 Å². The molecule has 0 unspecified atom stereocenters. The maximum absolute atomic E-state index is 4.35. The minimum absolute atomic E-state index is 1.06. The first-order valence-corrected chi connectivity index (χ1v) is 7.32. The van der Waals surface area contributed by atoms with Crippen molar-refractivity contribution in [1.82, 2.24) is 9.88 Å². The Hall–Kier alpha value is -1.67. The van der Waals surface area contributed by atoms with Crippen LogP contribution in [0, 0.1) is 0 Å². The maximum Gasteiger partial charge on any atom is 0.0409 e. The molecule has 0 atom stereocenters. The first-order valence-electron chi connectivity index (χ1n) is 7.32. The Morgan fingerprint density at radius 2 is 1.60 bits per heavy atom. The minimum atomic E-state index is 1.06. The molecule has 2 heteroatoms. The van der Waals surface area contributed by atoms with Crippen molar-refractivity contribution in [3.8, 4) is 11.1 Å². The molecular formula is C18H26N2. The summed E-state index contributed by atoms with van der Waals surface area (Å²) in [5.41, 5.74) is 3.70. The van der Waals surface area contributed by atoms with Crippen molar-refractivity contribution in [3.63, 3.8) is 0 Å². The second kappa shape index (κ2) is 9.27. The molecule has 0 spiro atoms. The number of hydrogen-bond acceptors (Lipinski definition) is 2. The van der Waals surface area contributed by atoms with Crippen LogP contribution in [-0.4, -0.2) is 30.5 Å². The van der Waals surface area contributed by atoms with Crippen molar-refractivity contribution in [1.29, 1.82) is 0 Å². The van der Waals surface area contributed by atoms with Gasteiger partial charge in [0.05, 0.1) is 0 Å². The van der Waals surface area contributed by atoms with Crippen molar-refractivity contribution in [2.75, 3.05) is 20.6 Å². The standard InChI is InChI=1S/C14H15N.C4H11N/c1-2-6-14-11-13(9-10-15-14)12-7-4-3-5-8-12;1-4-5(2)3/h3-5,7-11H,2,6H2,1H3;4H2,1-3H3. The number of pyridine rings is 1. The van der Waals surface area contributed by atoms with Gasteiger partial charge < -0.3 is 4.90 Å². The lowest BCUT2D eigenvalue weighted by Gasteiger charge is -2.03. The SMILES string of the molecule is CCCc1cc(-c2ccccc2)ccn1.CCN(C)C. The van der Waals surface area contributed by atoms with Gasteiger partial charge in [-0.05, 0) is 50.3 Å². The summed E-state index contributed by atoms with van der Waals surface area (Å²) in [4.78, 5) is 6.48. The third kappa shape index (κ3) is 5.98. The summed E-state index contributed by atoms with van der Waals surface area (Å²) in [7, 11) is 4.11. The lowest BCUT2D eigenvalue weighted by Crippen LogP contribution is -2.08. The van der Waals surface area contributed by atoms with Gasteiger partial charge in [0.25, 0.3) is 0 Å². The molecule has 0 radical (unpaired) electrons. The van der Waals surface area contributed by atoms with Crippen molar-refractivity contribution in [3.05, 3.63) is 54.4 Å². The maximum atomic E-state index is 4.35. The van der Waals surface area contributed by atoms with Crippen molar-refractivity contribution >= 4 is 0 Å². The van der Waals surface area contributed by atoms with Crippen LogP contribution < -0.4 is 0 Å². The van der Waals surface area contributed by atoms with Crippen molar-refractivity contribution in [2.24, 2.45) is 0 Å². The van der Waals surface area contributed by atoms with Crippen LogP contribution in [0.2, 0.25) is 0 Å². The van der Waals surface area contributed by atoms with Gasteiger partial charge >= 0.3 is 0 Å². The third-order valence-electron chi connectivity index (χ3n) is 3.06. The van der Waals surface area contributed by atoms with E-state index in [1.807, 2.05) is 12.3 Å². The van der Waals surface area contributed by atoms with Crippen LogP contribution in [0.4, 0.5) is 0 Å². The Labute approximate surface area is 123 Å². The Balaban J connectivity index is 0.000000347. The van der Waals surface area contributed by atoms with E-state index in [1.54, 1.807) is 0 Å². The fraction of sp³-hybridized carbons (Fsp3) is 0.389. The van der Waals surface area contributed by atoms with Crippen molar-refractivity contribution in [2.45, 2.75) is 26.7 Å². The molecule has 0 saturated carbocycles. The number of benzene rings is 1. The van der Waals surface area contributed by atoms with Gasteiger partial charge in [0.1, 0.15) is 0 Å². The molecule has 108 valence electrons. The molecule has 2 aromatic rings.